The molecule has 0 rings (SSSR count). The van der Waals surface area contributed by atoms with Crippen molar-refractivity contribution in [3.05, 3.63) is 0 Å². The Hall–Kier alpha value is -0.610. The van der Waals surface area contributed by atoms with Gasteiger partial charge in [0, 0.05) is 19.4 Å². The van der Waals surface area contributed by atoms with Crippen LogP contribution in [0.2, 0.25) is 0 Å². The summed E-state index contributed by atoms with van der Waals surface area (Å²) in [4.78, 5) is 10.9. The Kier molecular flexibility index (Phi) is 6.49. The molecule has 0 heterocycles. The van der Waals surface area contributed by atoms with Gasteiger partial charge in [0.05, 0.1) is 7.11 Å². The third-order valence-electron chi connectivity index (χ3n) is 2.17. The predicted molar refractivity (Wildman–Crippen MR) is 54.7 cm³/mol. The topological polar surface area (TPSA) is 61.5 Å². The van der Waals surface area contributed by atoms with Crippen molar-refractivity contribution < 1.29 is 14.3 Å². The van der Waals surface area contributed by atoms with E-state index in [-0.39, 0.29) is 5.97 Å². The van der Waals surface area contributed by atoms with E-state index in [4.69, 9.17) is 10.5 Å². The number of carbonyl (C=O) groups is 1. The molecule has 4 heteroatoms. The molecule has 0 aromatic heterocycles. The lowest BCUT2D eigenvalue weighted by Crippen LogP contribution is -2.42. The number of hydrogen-bond acceptors (Lipinski definition) is 4. The van der Waals surface area contributed by atoms with Crippen molar-refractivity contribution in [2.24, 2.45) is 5.73 Å². The molecule has 0 aliphatic heterocycles. The molecular formula is C10H21NO3. The summed E-state index contributed by atoms with van der Waals surface area (Å²) >= 11 is 0. The Balaban J connectivity index is 3.91. The maximum atomic E-state index is 10.9. The van der Waals surface area contributed by atoms with Crippen LogP contribution in [0.1, 0.15) is 39.5 Å². The molecule has 1 atom stereocenters. The van der Waals surface area contributed by atoms with E-state index in [0.717, 1.165) is 6.42 Å². The van der Waals surface area contributed by atoms with E-state index >= 15 is 0 Å². The maximum absolute atomic E-state index is 10.9. The molecule has 0 saturated heterocycles. The SMILES string of the molecule is CCCOC(N)(CC)CCC(=O)OC. The summed E-state index contributed by atoms with van der Waals surface area (Å²) < 4.78 is 10.0. The van der Waals surface area contributed by atoms with Gasteiger partial charge in [0.2, 0.25) is 0 Å². The molecule has 0 fully saturated rings. The zero-order valence-electron chi connectivity index (χ0n) is 9.34. The highest BCUT2D eigenvalue weighted by atomic mass is 16.5. The van der Waals surface area contributed by atoms with E-state index in [9.17, 15) is 4.79 Å². The van der Waals surface area contributed by atoms with E-state index in [0.29, 0.717) is 25.9 Å². The van der Waals surface area contributed by atoms with E-state index in [1.54, 1.807) is 0 Å². The number of hydrogen-bond donors (Lipinski definition) is 1. The van der Waals surface area contributed by atoms with Crippen LogP contribution in [-0.2, 0) is 14.3 Å². The quantitative estimate of drug-likeness (QED) is 0.502. The van der Waals surface area contributed by atoms with Crippen LogP contribution in [-0.4, -0.2) is 25.4 Å². The molecule has 0 radical (unpaired) electrons. The lowest BCUT2D eigenvalue weighted by molar-refractivity contribution is -0.143. The van der Waals surface area contributed by atoms with Gasteiger partial charge in [-0.15, -0.1) is 0 Å². The van der Waals surface area contributed by atoms with Crippen molar-refractivity contribution in [1.29, 1.82) is 0 Å². The summed E-state index contributed by atoms with van der Waals surface area (Å²) in [5, 5.41) is 0. The molecule has 0 aromatic rings. The molecule has 1 unspecified atom stereocenters. The molecule has 0 bridgehead atoms. The van der Waals surface area contributed by atoms with E-state index < -0.39 is 5.72 Å². The summed E-state index contributed by atoms with van der Waals surface area (Å²) in [6.07, 6.45) is 2.45. The highest BCUT2D eigenvalue weighted by molar-refractivity contribution is 5.69. The molecule has 0 spiro atoms. The summed E-state index contributed by atoms with van der Waals surface area (Å²) in [6, 6.07) is 0. The van der Waals surface area contributed by atoms with Gasteiger partial charge in [0.15, 0.2) is 0 Å². The molecule has 14 heavy (non-hydrogen) atoms. The van der Waals surface area contributed by atoms with Gasteiger partial charge in [-0.2, -0.15) is 0 Å². The minimum absolute atomic E-state index is 0.242. The Morgan fingerprint density at radius 3 is 2.50 bits per heavy atom. The number of rotatable bonds is 7. The first-order valence-electron chi connectivity index (χ1n) is 5.07. The average molecular weight is 203 g/mol. The molecule has 0 aromatic carbocycles. The first-order valence-corrected chi connectivity index (χ1v) is 5.07. The van der Waals surface area contributed by atoms with Gasteiger partial charge in [-0.05, 0) is 12.8 Å². The Morgan fingerprint density at radius 1 is 1.43 bits per heavy atom. The molecule has 0 saturated carbocycles. The van der Waals surface area contributed by atoms with E-state index in [1.807, 2.05) is 13.8 Å². The predicted octanol–water partition coefficient (Wildman–Crippen LogP) is 1.43. The van der Waals surface area contributed by atoms with Crippen molar-refractivity contribution in [2.75, 3.05) is 13.7 Å². The van der Waals surface area contributed by atoms with Crippen LogP contribution >= 0.6 is 0 Å². The summed E-state index contributed by atoms with van der Waals surface area (Å²) in [5.41, 5.74) is 5.28. The second-order valence-corrected chi connectivity index (χ2v) is 3.34. The van der Waals surface area contributed by atoms with Crippen LogP contribution in [0.25, 0.3) is 0 Å². The van der Waals surface area contributed by atoms with Crippen molar-refractivity contribution in [1.82, 2.24) is 0 Å². The summed E-state index contributed by atoms with van der Waals surface area (Å²) in [7, 11) is 1.37. The minimum Gasteiger partial charge on any atom is -0.469 e. The van der Waals surface area contributed by atoms with Crippen molar-refractivity contribution >= 4 is 5.97 Å². The van der Waals surface area contributed by atoms with Gasteiger partial charge in [-0.25, -0.2) is 0 Å². The largest absolute Gasteiger partial charge is 0.469 e. The Bertz CT molecular complexity index is 173. The van der Waals surface area contributed by atoms with Gasteiger partial charge in [-0.1, -0.05) is 13.8 Å². The van der Waals surface area contributed by atoms with Gasteiger partial charge in [-0.3, -0.25) is 4.79 Å². The number of methoxy groups -OCH3 is 1. The van der Waals surface area contributed by atoms with Crippen LogP contribution in [0.15, 0.2) is 0 Å². The monoisotopic (exact) mass is 203 g/mol. The lowest BCUT2D eigenvalue weighted by atomic mass is 10.1. The van der Waals surface area contributed by atoms with Crippen molar-refractivity contribution in [3.63, 3.8) is 0 Å². The summed E-state index contributed by atoms with van der Waals surface area (Å²) in [5.74, 6) is -0.242. The van der Waals surface area contributed by atoms with Crippen LogP contribution in [0.5, 0.6) is 0 Å². The lowest BCUT2D eigenvalue weighted by Gasteiger charge is -2.27. The van der Waals surface area contributed by atoms with Crippen LogP contribution < -0.4 is 5.73 Å². The molecule has 0 aliphatic carbocycles. The summed E-state index contributed by atoms with van der Waals surface area (Å²) in [6.45, 7) is 4.61. The molecule has 0 amide bonds. The fourth-order valence-corrected chi connectivity index (χ4v) is 1.07. The fraction of sp³-hybridized carbons (Fsp3) is 0.900. The highest BCUT2D eigenvalue weighted by Gasteiger charge is 2.24. The first kappa shape index (κ1) is 13.4. The number of nitrogens with two attached hydrogens (primary N) is 1. The molecule has 4 nitrogen and oxygen atoms in total. The Labute approximate surface area is 85.8 Å². The van der Waals surface area contributed by atoms with Crippen LogP contribution in [0.3, 0.4) is 0 Å². The smallest absolute Gasteiger partial charge is 0.305 e. The Morgan fingerprint density at radius 2 is 2.07 bits per heavy atom. The highest BCUT2D eigenvalue weighted by Crippen LogP contribution is 2.16. The molecular weight excluding hydrogens is 182 g/mol. The van der Waals surface area contributed by atoms with Crippen LogP contribution in [0, 0.1) is 0 Å². The van der Waals surface area contributed by atoms with Gasteiger partial charge >= 0.3 is 5.97 Å². The van der Waals surface area contributed by atoms with Crippen LogP contribution in [0.4, 0.5) is 0 Å². The van der Waals surface area contributed by atoms with Crippen molar-refractivity contribution in [2.45, 2.75) is 45.3 Å². The molecule has 0 aliphatic rings. The van der Waals surface area contributed by atoms with E-state index in [2.05, 4.69) is 4.74 Å². The van der Waals surface area contributed by atoms with Gasteiger partial charge < -0.3 is 15.2 Å². The first-order chi connectivity index (χ1) is 6.58. The standard InChI is InChI=1S/C10H21NO3/c1-4-8-14-10(11,5-2)7-6-9(12)13-3/h4-8,11H2,1-3H3. The second kappa shape index (κ2) is 6.79. The number of carbonyl (C=O) groups excluding carboxylic acids is 1. The minimum atomic E-state index is -0.676. The van der Waals surface area contributed by atoms with E-state index in [1.165, 1.54) is 7.11 Å². The molecule has 84 valence electrons. The fourth-order valence-electron chi connectivity index (χ4n) is 1.07. The van der Waals surface area contributed by atoms with Gasteiger partial charge in [0.25, 0.3) is 0 Å². The third-order valence-corrected chi connectivity index (χ3v) is 2.17. The zero-order valence-corrected chi connectivity index (χ0v) is 9.34. The second-order valence-electron chi connectivity index (χ2n) is 3.34. The van der Waals surface area contributed by atoms with Crippen molar-refractivity contribution in [3.8, 4) is 0 Å². The molecule has 2 N–H and O–H groups in total. The maximum Gasteiger partial charge on any atom is 0.305 e. The number of esters is 1. The normalized spacial score (nSPS) is 14.9. The van der Waals surface area contributed by atoms with Gasteiger partial charge in [0.1, 0.15) is 5.72 Å². The average Bonchev–Trinajstić information content (AvgIpc) is 2.23. The zero-order chi connectivity index (χ0) is 11.0. The third kappa shape index (κ3) is 5.19. The number of ether oxygens (including phenoxy) is 2.